The van der Waals surface area contributed by atoms with Gasteiger partial charge in [-0.3, -0.25) is 9.13 Å². The highest BCUT2D eigenvalue weighted by Gasteiger charge is 2.55. The van der Waals surface area contributed by atoms with Crippen LogP contribution in [0.25, 0.3) is 22.3 Å². The maximum Gasteiger partial charge on any atom is 0.314 e. The summed E-state index contributed by atoms with van der Waals surface area (Å²) in [5, 5.41) is 25.6. The number of nitrogens with two attached hydrogens (primary N) is 3. The van der Waals surface area contributed by atoms with Crippen LogP contribution in [0.1, 0.15) is 33.2 Å². The number of hydrogen-bond donors (Lipinski definition) is 7. The van der Waals surface area contributed by atoms with Crippen molar-refractivity contribution in [3.63, 3.8) is 0 Å². The molecule has 2 amide bonds. The largest absolute Gasteiger partial charge is 0.387 e. The molecule has 3 aliphatic heterocycles. The molecule has 7 heterocycles. The highest BCUT2D eigenvalue weighted by Crippen LogP contribution is 2.43. The van der Waals surface area contributed by atoms with Gasteiger partial charge in [0.25, 0.3) is 0 Å². The first-order valence-electron chi connectivity index (χ1n) is 14.6. The number of anilines is 2. The van der Waals surface area contributed by atoms with Crippen molar-refractivity contribution in [2.75, 3.05) is 31.1 Å². The monoisotopic (exact) mass is 643 g/mol. The molecule has 0 spiro atoms. The summed E-state index contributed by atoms with van der Waals surface area (Å²) in [6.45, 7) is 6.42. The lowest BCUT2D eigenvalue weighted by Gasteiger charge is -2.24. The molecule has 10 N–H and O–H groups in total. The van der Waals surface area contributed by atoms with Crippen LogP contribution in [-0.4, -0.2) is 117 Å². The number of ether oxygens (including phenoxy) is 4. The molecule has 7 rings (SSSR count). The standard InChI is InChI=1S/C13H19N7O4.C13H18N6O3/c1-2-15-13(23)16-3-6-8(21)9(22)12(24-6)20-5-19-7-10(14)17-4-18-11(7)20;1-13(2)21-8-6(3-14)20-12(9(8)22-13)19-5-18-7-10(15)16-4-17-11(7)19/h4-6,8-9,12,21-22H,2-3H2,1H3,(H2,14,17,18)(H2,15,16,23);4-6,8-9,12H,3,14H2,1-2H3,(H2,15,16,17)/t2*6-,8?,9+,12-/m11/s1. The second-order valence-corrected chi connectivity index (χ2v) is 11.3. The number of nitrogens with zero attached hydrogens (tertiary/aromatic N) is 8. The van der Waals surface area contributed by atoms with Crippen LogP contribution >= 0.6 is 0 Å². The van der Waals surface area contributed by atoms with Gasteiger partial charge in [-0.25, -0.2) is 34.7 Å². The van der Waals surface area contributed by atoms with E-state index in [0.717, 1.165) is 0 Å². The number of carbonyl (C=O) groups is 1. The zero-order chi connectivity index (χ0) is 32.7. The second kappa shape index (κ2) is 12.5. The van der Waals surface area contributed by atoms with E-state index < -0.39 is 36.6 Å². The molecule has 8 atom stereocenters. The van der Waals surface area contributed by atoms with Crippen molar-refractivity contribution in [3.05, 3.63) is 25.3 Å². The van der Waals surface area contributed by atoms with Gasteiger partial charge in [-0.1, -0.05) is 0 Å². The van der Waals surface area contributed by atoms with Crippen LogP contribution in [0.2, 0.25) is 0 Å². The number of aliphatic hydroxyl groups is 2. The highest BCUT2D eigenvalue weighted by molar-refractivity contribution is 5.81. The number of urea groups is 1. The minimum Gasteiger partial charge on any atom is -0.387 e. The van der Waals surface area contributed by atoms with E-state index >= 15 is 0 Å². The molecule has 0 radical (unpaired) electrons. The minimum atomic E-state index is -1.21. The lowest BCUT2D eigenvalue weighted by Crippen LogP contribution is -2.43. The predicted octanol–water partition coefficient (Wildman–Crippen LogP) is -1.87. The van der Waals surface area contributed by atoms with Crippen LogP contribution in [-0.2, 0) is 18.9 Å². The van der Waals surface area contributed by atoms with E-state index in [1.54, 1.807) is 17.8 Å². The smallest absolute Gasteiger partial charge is 0.314 e. The molecule has 3 saturated heterocycles. The van der Waals surface area contributed by atoms with E-state index in [1.165, 1.54) is 23.5 Å². The van der Waals surface area contributed by atoms with Crippen molar-refractivity contribution >= 4 is 40.0 Å². The van der Waals surface area contributed by atoms with E-state index in [1.807, 2.05) is 13.8 Å². The fourth-order valence-electron chi connectivity index (χ4n) is 5.73. The van der Waals surface area contributed by atoms with Gasteiger partial charge in [0.2, 0.25) is 0 Å². The molecular weight excluding hydrogens is 606 g/mol. The molecule has 3 aliphatic rings. The maximum absolute atomic E-state index is 11.4. The summed E-state index contributed by atoms with van der Waals surface area (Å²) in [6, 6.07) is -0.375. The van der Waals surface area contributed by atoms with Gasteiger partial charge >= 0.3 is 6.03 Å². The van der Waals surface area contributed by atoms with Crippen molar-refractivity contribution in [1.82, 2.24) is 49.7 Å². The molecule has 20 nitrogen and oxygen atoms in total. The summed E-state index contributed by atoms with van der Waals surface area (Å²) in [5.74, 6) is -0.131. The zero-order valence-electron chi connectivity index (χ0n) is 25.3. The summed E-state index contributed by atoms with van der Waals surface area (Å²) in [5.41, 5.74) is 19.3. The third-order valence-electron chi connectivity index (χ3n) is 7.82. The van der Waals surface area contributed by atoms with Gasteiger partial charge in [-0.05, 0) is 20.8 Å². The van der Waals surface area contributed by atoms with Crippen molar-refractivity contribution in [3.8, 4) is 0 Å². The number of imidazole rings is 2. The van der Waals surface area contributed by atoms with Crippen LogP contribution < -0.4 is 27.8 Å². The summed E-state index contributed by atoms with van der Waals surface area (Å²) < 4.78 is 26.9. The van der Waals surface area contributed by atoms with E-state index in [0.29, 0.717) is 41.2 Å². The first-order valence-corrected chi connectivity index (χ1v) is 14.6. The SMILES string of the molecule is CC1(C)OC2[C@@H](CN)O[C@@H](n3cnc4c(N)ncnc43)[C@H]2O1.CCNC(=O)NC[C@H]1O[C@@H](n2cnc3c(N)ncnc32)[C@@H](O)C1O. The lowest BCUT2D eigenvalue weighted by atomic mass is 10.1. The van der Waals surface area contributed by atoms with Gasteiger partial charge in [-0.15, -0.1) is 0 Å². The van der Waals surface area contributed by atoms with Gasteiger partial charge in [0.15, 0.2) is 41.2 Å². The first-order chi connectivity index (χ1) is 22.0. The Morgan fingerprint density at radius 1 is 0.848 bits per heavy atom. The van der Waals surface area contributed by atoms with E-state index in [4.69, 9.17) is 36.1 Å². The fraction of sp³-hybridized carbons (Fsp3) is 0.577. The Bertz CT molecular complexity index is 1700. The molecule has 3 fully saturated rings. The molecule has 0 bridgehead atoms. The summed E-state index contributed by atoms with van der Waals surface area (Å²) in [4.78, 5) is 35.9. The van der Waals surface area contributed by atoms with Crippen molar-refractivity contribution in [1.29, 1.82) is 0 Å². The number of nitrogen functional groups attached to an aromatic ring is 2. The van der Waals surface area contributed by atoms with Gasteiger partial charge in [0.05, 0.1) is 12.7 Å². The van der Waals surface area contributed by atoms with Gasteiger partial charge in [0.1, 0.15) is 60.3 Å². The van der Waals surface area contributed by atoms with Gasteiger partial charge in [0, 0.05) is 19.6 Å². The van der Waals surface area contributed by atoms with Gasteiger partial charge in [-0.2, -0.15) is 0 Å². The second-order valence-electron chi connectivity index (χ2n) is 11.3. The van der Waals surface area contributed by atoms with Crippen LogP contribution in [0, 0.1) is 0 Å². The molecule has 4 aromatic rings. The first kappa shape index (κ1) is 31.7. The summed E-state index contributed by atoms with van der Waals surface area (Å²) in [6.07, 6.45) is 0.506. The molecule has 248 valence electrons. The van der Waals surface area contributed by atoms with Crippen molar-refractivity contribution < 1.29 is 34.0 Å². The van der Waals surface area contributed by atoms with Crippen LogP contribution in [0.3, 0.4) is 0 Å². The predicted molar refractivity (Wildman–Crippen MR) is 159 cm³/mol. The third-order valence-corrected chi connectivity index (χ3v) is 7.82. The Hall–Kier alpha value is -4.31. The molecule has 0 aromatic carbocycles. The number of nitrogens with one attached hydrogen (secondary N) is 2. The average Bonchev–Trinajstić information content (AvgIpc) is 3.83. The number of aromatic nitrogens is 8. The number of hydrogen-bond acceptors (Lipinski definition) is 16. The molecule has 2 unspecified atom stereocenters. The maximum atomic E-state index is 11.4. The zero-order valence-corrected chi connectivity index (χ0v) is 25.3. The minimum absolute atomic E-state index is 0.0459. The quantitative estimate of drug-likeness (QED) is 0.121. The Balaban J connectivity index is 0.000000162. The normalized spacial score (nSPS) is 29.9. The van der Waals surface area contributed by atoms with E-state index in [9.17, 15) is 15.0 Å². The molecule has 0 aliphatic carbocycles. The van der Waals surface area contributed by atoms with Crippen LogP contribution in [0.5, 0.6) is 0 Å². The van der Waals surface area contributed by atoms with Gasteiger partial charge < -0.3 is 57.0 Å². The molecule has 46 heavy (non-hydrogen) atoms. The fourth-order valence-corrected chi connectivity index (χ4v) is 5.73. The number of amides is 2. The summed E-state index contributed by atoms with van der Waals surface area (Å²) >= 11 is 0. The number of fused-ring (bicyclic) bond motifs is 3. The highest BCUT2D eigenvalue weighted by atomic mass is 16.8. The number of carbonyl (C=O) groups excluding carboxylic acids is 1. The molecule has 4 aromatic heterocycles. The lowest BCUT2D eigenvalue weighted by molar-refractivity contribution is -0.195. The summed E-state index contributed by atoms with van der Waals surface area (Å²) in [7, 11) is 0. The Morgan fingerprint density at radius 2 is 1.41 bits per heavy atom. The number of rotatable bonds is 6. The van der Waals surface area contributed by atoms with Crippen molar-refractivity contribution in [2.45, 2.75) is 75.6 Å². The van der Waals surface area contributed by atoms with E-state index in [-0.39, 0.29) is 36.7 Å². The Kier molecular flexibility index (Phi) is 8.58. The Morgan fingerprint density at radius 3 is 2.00 bits per heavy atom. The number of aliphatic hydroxyl groups excluding tert-OH is 2. The van der Waals surface area contributed by atoms with E-state index in [2.05, 4.69) is 40.5 Å². The van der Waals surface area contributed by atoms with Crippen molar-refractivity contribution in [2.24, 2.45) is 5.73 Å². The van der Waals surface area contributed by atoms with Crippen LogP contribution in [0.4, 0.5) is 16.4 Å². The molecule has 20 heteroatoms. The van der Waals surface area contributed by atoms with Crippen LogP contribution in [0.15, 0.2) is 25.3 Å². The Labute approximate surface area is 261 Å². The average molecular weight is 644 g/mol. The third kappa shape index (κ3) is 5.75. The molecule has 0 saturated carbocycles. The topological polar surface area (TPSA) is 284 Å². The molecular formula is C26H37N13O7.